The highest BCUT2D eigenvalue weighted by Crippen LogP contribution is 2.25. The molecule has 0 radical (unpaired) electrons. The first kappa shape index (κ1) is 16.8. The van der Waals surface area contributed by atoms with Crippen LogP contribution in [0.3, 0.4) is 0 Å². The summed E-state index contributed by atoms with van der Waals surface area (Å²) < 4.78 is 0. The average molecular weight is 285 g/mol. The van der Waals surface area contributed by atoms with Crippen LogP contribution in [0.15, 0.2) is 0 Å². The summed E-state index contributed by atoms with van der Waals surface area (Å²) >= 11 is 0. The Hall–Kier alpha value is -1.30. The minimum atomic E-state index is -0.762. The monoisotopic (exact) mass is 285 g/mol. The smallest absolute Gasteiger partial charge is 0.315 e. The van der Waals surface area contributed by atoms with Crippen LogP contribution in [0.25, 0.3) is 0 Å². The molecular weight excluding hydrogens is 258 g/mol. The van der Waals surface area contributed by atoms with Crippen molar-refractivity contribution in [3.05, 3.63) is 0 Å². The number of carboxylic acid groups (broad SMARTS) is 1. The van der Waals surface area contributed by atoms with Crippen LogP contribution < -0.4 is 10.6 Å². The van der Waals surface area contributed by atoms with Gasteiger partial charge in [0.2, 0.25) is 0 Å². The summed E-state index contributed by atoms with van der Waals surface area (Å²) in [5.41, 5.74) is 0.000115. The number of aliphatic carboxylic acids is 1. The summed E-state index contributed by atoms with van der Waals surface area (Å²) in [7, 11) is 4.01. The van der Waals surface area contributed by atoms with Gasteiger partial charge in [-0.3, -0.25) is 4.79 Å². The van der Waals surface area contributed by atoms with Crippen molar-refractivity contribution in [1.29, 1.82) is 0 Å². The molecule has 0 bridgehead atoms. The van der Waals surface area contributed by atoms with E-state index in [0.29, 0.717) is 19.4 Å². The van der Waals surface area contributed by atoms with Crippen molar-refractivity contribution in [3.63, 3.8) is 0 Å². The molecule has 20 heavy (non-hydrogen) atoms. The van der Waals surface area contributed by atoms with Gasteiger partial charge in [-0.05, 0) is 38.8 Å². The molecule has 6 heteroatoms. The molecule has 1 aliphatic carbocycles. The van der Waals surface area contributed by atoms with Crippen LogP contribution >= 0.6 is 0 Å². The van der Waals surface area contributed by atoms with E-state index < -0.39 is 5.97 Å². The van der Waals surface area contributed by atoms with Gasteiger partial charge in [0.25, 0.3) is 0 Å². The second-order valence-electron chi connectivity index (χ2n) is 6.77. The number of hydrogen-bond donors (Lipinski definition) is 3. The second kappa shape index (κ2) is 6.92. The Morgan fingerprint density at radius 2 is 1.95 bits per heavy atom. The van der Waals surface area contributed by atoms with E-state index in [1.165, 1.54) is 0 Å². The predicted octanol–water partition coefficient (Wildman–Crippen LogP) is 1.13. The lowest BCUT2D eigenvalue weighted by atomic mass is 9.93. The lowest BCUT2D eigenvalue weighted by Gasteiger charge is -2.28. The molecule has 1 fully saturated rings. The summed E-state index contributed by atoms with van der Waals surface area (Å²) in [6.45, 7) is 5.68. The first-order chi connectivity index (χ1) is 9.19. The van der Waals surface area contributed by atoms with Gasteiger partial charge in [0.1, 0.15) is 0 Å². The van der Waals surface area contributed by atoms with E-state index in [1.807, 2.05) is 14.1 Å². The summed E-state index contributed by atoms with van der Waals surface area (Å²) in [5, 5.41) is 14.7. The lowest BCUT2D eigenvalue weighted by Crippen LogP contribution is -2.46. The molecule has 0 spiro atoms. The minimum absolute atomic E-state index is 0.000115. The predicted molar refractivity (Wildman–Crippen MR) is 77.6 cm³/mol. The van der Waals surface area contributed by atoms with E-state index in [9.17, 15) is 9.59 Å². The molecular formula is C14H27N3O3. The maximum absolute atomic E-state index is 11.8. The number of hydrogen-bond acceptors (Lipinski definition) is 3. The maximum Gasteiger partial charge on any atom is 0.315 e. The number of carbonyl (C=O) groups is 2. The van der Waals surface area contributed by atoms with Crippen LogP contribution in [0.1, 0.15) is 33.1 Å². The van der Waals surface area contributed by atoms with Crippen molar-refractivity contribution >= 4 is 12.0 Å². The zero-order chi connectivity index (χ0) is 15.3. The molecule has 0 aromatic rings. The summed E-state index contributed by atoms with van der Waals surface area (Å²) in [4.78, 5) is 24.8. The number of carbonyl (C=O) groups excluding carboxylic acids is 1. The molecule has 1 rings (SSSR count). The molecule has 0 aliphatic heterocycles. The van der Waals surface area contributed by atoms with E-state index in [2.05, 4.69) is 29.4 Å². The van der Waals surface area contributed by atoms with Gasteiger partial charge in [-0.2, -0.15) is 0 Å². The van der Waals surface area contributed by atoms with Gasteiger partial charge in [-0.1, -0.05) is 13.8 Å². The number of urea groups is 1. The van der Waals surface area contributed by atoms with Crippen molar-refractivity contribution in [1.82, 2.24) is 15.5 Å². The van der Waals surface area contributed by atoms with Crippen LogP contribution in [-0.2, 0) is 4.79 Å². The number of nitrogens with one attached hydrogen (secondary N) is 2. The van der Waals surface area contributed by atoms with Gasteiger partial charge in [-0.15, -0.1) is 0 Å². The summed E-state index contributed by atoms with van der Waals surface area (Å²) in [5.74, 6) is -1.08. The van der Waals surface area contributed by atoms with Crippen molar-refractivity contribution in [3.8, 4) is 0 Å². The molecule has 116 valence electrons. The molecule has 0 aromatic heterocycles. The third-order valence-corrected chi connectivity index (χ3v) is 3.59. The van der Waals surface area contributed by atoms with Crippen LogP contribution in [0.5, 0.6) is 0 Å². The molecule has 1 aliphatic rings. The highest BCUT2D eigenvalue weighted by molar-refractivity contribution is 5.75. The fourth-order valence-corrected chi connectivity index (χ4v) is 2.80. The van der Waals surface area contributed by atoms with Gasteiger partial charge >= 0.3 is 12.0 Å². The van der Waals surface area contributed by atoms with Gasteiger partial charge in [0.15, 0.2) is 0 Å². The van der Waals surface area contributed by atoms with Crippen molar-refractivity contribution in [2.24, 2.45) is 11.3 Å². The summed E-state index contributed by atoms with van der Waals surface area (Å²) in [6, 6.07) is -0.221. The highest BCUT2D eigenvalue weighted by atomic mass is 16.4. The molecule has 3 N–H and O–H groups in total. The topological polar surface area (TPSA) is 81.7 Å². The maximum atomic E-state index is 11.8. The Kier molecular flexibility index (Phi) is 5.80. The highest BCUT2D eigenvalue weighted by Gasteiger charge is 2.30. The van der Waals surface area contributed by atoms with Crippen LogP contribution in [0, 0.1) is 11.3 Å². The standard InChI is InChI=1S/C14H27N3O3/c1-14(2,9-17(3)4)8-15-13(20)16-11-6-5-10(7-11)12(18)19/h10-11H,5-9H2,1-4H3,(H,18,19)(H2,15,16,20). The zero-order valence-corrected chi connectivity index (χ0v) is 12.9. The average Bonchev–Trinajstić information content (AvgIpc) is 2.73. The Bertz CT molecular complexity index is 356. The van der Waals surface area contributed by atoms with E-state index >= 15 is 0 Å². The fraction of sp³-hybridized carbons (Fsp3) is 0.857. The van der Waals surface area contributed by atoms with Crippen LogP contribution in [0.2, 0.25) is 0 Å². The van der Waals surface area contributed by atoms with E-state index in [-0.39, 0.29) is 23.4 Å². The van der Waals surface area contributed by atoms with Crippen LogP contribution in [0.4, 0.5) is 4.79 Å². The molecule has 2 unspecified atom stereocenters. The van der Waals surface area contributed by atoms with Crippen LogP contribution in [-0.4, -0.2) is 55.2 Å². The molecule has 2 atom stereocenters. The lowest BCUT2D eigenvalue weighted by molar-refractivity contribution is -0.141. The van der Waals surface area contributed by atoms with Gasteiger partial charge in [0, 0.05) is 19.1 Å². The quantitative estimate of drug-likeness (QED) is 0.683. The molecule has 6 nitrogen and oxygen atoms in total. The zero-order valence-electron chi connectivity index (χ0n) is 12.9. The Balaban J connectivity index is 2.29. The third kappa shape index (κ3) is 5.77. The Morgan fingerprint density at radius 3 is 2.45 bits per heavy atom. The van der Waals surface area contributed by atoms with Crippen molar-refractivity contribution in [2.75, 3.05) is 27.2 Å². The van der Waals surface area contributed by atoms with Gasteiger partial charge in [-0.25, -0.2) is 4.79 Å². The normalized spacial score (nSPS) is 22.9. The van der Waals surface area contributed by atoms with E-state index in [0.717, 1.165) is 13.0 Å². The van der Waals surface area contributed by atoms with Crippen molar-refractivity contribution in [2.45, 2.75) is 39.2 Å². The molecule has 0 aromatic carbocycles. The SMILES string of the molecule is CN(C)CC(C)(C)CNC(=O)NC1CCC(C(=O)O)C1. The molecule has 1 saturated carbocycles. The number of amides is 2. The Labute approximate surface area is 120 Å². The number of nitrogens with zero attached hydrogens (tertiary/aromatic N) is 1. The third-order valence-electron chi connectivity index (χ3n) is 3.59. The molecule has 0 heterocycles. The summed E-state index contributed by atoms with van der Waals surface area (Å²) in [6.07, 6.45) is 1.92. The Morgan fingerprint density at radius 1 is 1.30 bits per heavy atom. The van der Waals surface area contributed by atoms with Gasteiger partial charge < -0.3 is 20.6 Å². The second-order valence-corrected chi connectivity index (χ2v) is 6.77. The largest absolute Gasteiger partial charge is 0.481 e. The van der Waals surface area contributed by atoms with E-state index in [4.69, 9.17) is 5.11 Å². The van der Waals surface area contributed by atoms with E-state index in [1.54, 1.807) is 0 Å². The minimum Gasteiger partial charge on any atom is -0.481 e. The first-order valence-electron chi connectivity index (χ1n) is 7.11. The molecule has 0 saturated heterocycles. The first-order valence-corrected chi connectivity index (χ1v) is 7.11. The number of rotatable bonds is 6. The number of carboxylic acids is 1. The molecule has 2 amide bonds. The van der Waals surface area contributed by atoms with Crippen molar-refractivity contribution < 1.29 is 14.7 Å². The fourth-order valence-electron chi connectivity index (χ4n) is 2.80. The van der Waals surface area contributed by atoms with Gasteiger partial charge in [0.05, 0.1) is 5.92 Å².